The Hall–Kier alpha value is -5.88. The van der Waals surface area contributed by atoms with Crippen molar-refractivity contribution in [2.24, 2.45) is 0 Å². The van der Waals surface area contributed by atoms with Crippen LogP contribution in [0.25, 0.3) is 87.2 Å². The Bertz CT molecular complexity index is 2630. The van der Waals surface area contributed by atoms with Gasteiger partial charge in [-0.05, 0) is 136 Å². The molecule has 0 N–H and O–H groups in total. The molecule has 0 fully saturated rings. The maximum absolute atomic E-state index is 14.1. The van der Waals surface area contributed by atoms with E-state index in [0.29, 0.717) is 11.1 Å². The van der Waals surface area contributed by atoms with Crippen LogP contribution in [0.15, 0.2) is 133 Å². The zero-order valence-electron chi connectivity index (χ0n) is 25.5. The summed E-state index contributed by atoms with van der Waals surface area (Å²) < 4.78 is 82.2. The number of hydrogen-bond acceptors (Lipinski definition) is 0. The summed E-state index contributed by atoms with van der Waals surface area (Å²) in [6, 6.07) is 39.4. The molecular weight excluding hydrogens is 630 g/mol. The van der Waals surface area contributed by atoms with Crippen LogP contribution in [0.2, 0.25) is 0 Å². The molecule has 0 aliphatic heterocycles. The number of benzene rings is 9. The molecule has 0 nitrogen and oxygen atoms in total. The van der Waals surface area contributed by atoms with Crippen molar-refractivity contribution in [3.63, 3.8) is 0 Å². The summed E-state index contributed by atoms with van der Waals surface area (Å²) in [7, 11) is 0. The van der Waals surface area contributed by atoms with E-state index in [1.807, 2.05) is 72.8 Å². The predicted octanol–water partition coefficient (Wildman–Crippen LogP) is 13.3. The molecule has 0 amide bonds. The molecule has 0 saturated carbocycles. The second kappa shape index (κ2) is 10.6. The van der Waals surface area contributed by atoms with Crippen LogP contribution >= 0.6 is 0 Å². The molecule has 0 heterocycles. The molecule has 9 aromatic rings. The third-order valence-electron chi connectivity index (χ3n) is 9.57. The first-order valence-corrected chi connectivity index (χ1v) is 15.6. The lowest BCUT2D eigenvalue weighted by molar-refractivity contribution is -0.137. The summed E-state index contributed by atoms with van der Waals surface area (Å²) in [4.78, 5) is 0. The standard InChI is InChI=1S/C43H22F6/c44-36-21-29(22-37(45)42(36)46)28-17-24-9-11-26-19-30(20-27-12-10-25(18-28)38(24)39(26)27)41-34-7-3-1-5-32(34)40(33-6-2-4-8-35(33)41)23-13-15-31(16-14-23)43(47,48)49/h1-22H. The number of halogens is 6. The Labute approximate surface area is 275 Å². The van der Waals surface area contributed by atoms with Gasteiger partial charge in [-0.15, -0.1) is 0 Å². The first-order chi connectivity index (χ1) is 23.7. The predicted molar refractivity (Wildman–Crippen MR) is 186 cm³/mol. The van der Waals surface area contributed by atoms with Gasteiger partial charge in [-0.3, -0.25) is 0 Å². The van der Waals surface area contributed by atoms with Crippen molar-refractivity contribution in [3.05, 3.63) is 156 Å². The lowest BCUT2D eigenvalue weighted by Crippen LogP contribution is -2.04. The third-order valence-corrected chi connectivity index (χ3v) is 9.57. The van der Waals surface area contributed by atoms with E-state index in [0.717, 1.165) is 94.8 Å². The topological polar surface area (TPSA) is 0 Å². The summed E-state index contributed by atoms with van der Waals surface area (Å²) in [6.45, 7) is 0. The fraction of sp³-hybridized carbons (Fsp3) is 0.0233. The first kappa shape index (κ1) is 29.3. The molecule has 0 aliphatic rings. The molecule has 0 atom stereocenters. The summed E-state index contributed by atoms with van der Waals surface area (Å²) in [6.07, 6.45) is -4.42. The summed E-state index contributed by atoms with van der Waals surface area (Å²) >= 11 is 0. The molecular formula is C43H22F6. The molecule has 6 heteroatoms. The molecule has 0 spiro atoms. The van der Waals surface area contributed by atoms with E-state index < -0.39 is 29.2 Å². The van der Waals surface area contributed by atoms with Crippen molar-refractivity contribution in [1.29, 1.82) is 0 Å². The van der Waals surface area contributed by atoms with Gasteiger partial charge < -0.3 is 0 Å². The number of rotatable bonds is 3. The quantitative estimate of drug-likeness (QED) is 0.0771. The Morgan fingerprint density at radius 1 is 0.367 bits per heavy atom. The van der Waals surface area contributed by atoms with Crippen molar-refractivity contribution in [2.45, 2.75) is 6.18 Å². The van der Waals surface area contributed by atoms with Crippen LogP contribution in [-0.4, -0.2) is 0 Å². The lowest BCUT2D eigenvalue weighted by Gasteiger charge is -2.19. The first-order valence-electron chi connectivity index (χ1n) is 15.6. The van der Waals surface area contributed by atoms with Crippen molar-refractivity contribution < 1.29 is 26.3 Å². The normalized spacial score (nSPS) is 12.3. The van der Waals surface area contributed by atoms with Crippen molar-refractivity contribution in [2.75, 3.05) is 0 Å². The minimum absolute atomic E-state index is 0.252. The Balaban J connectivity index is 1.27. The summed E-state index contributed by atoms with van der Waals surface area (Å²) in [5.74, 6) is -3.97. The average Bonchev–Trinajstić information content (AvgIpc) is 3.10. The molecule has 9 rings (SSSR count). The van der Waals surface area contributed by atoms with Gasteiger partial charge in [-0.1, -0.05) is 84.9 Å². The molecule has 0 saturated heterocycles. The summed E-state index contributed by atoms with van der Waals surface area (Å²) in [5.41, 5.74) is 3.74. The number of fused-ring (bicyclic) bond motifs is 2. The van der Waals surface area contributed by atoms with Gasteiger partial charge in [0.2, 0.25) is 0 Å². The van der Waals surface area contributed by atoms with Crippen molar-refractivity contribution in [1.82, 2.24) is 0 Å². The minimum Gasteiger partial charge on any atom is -0.204 e. The zero-order chi connectivity index (χ0) is 33.6. The molecule has 9 aromatic carbocycles. The van der Waals surface area contributed by atoms with Gasteiger partial charge in [-0.2, -0.15) is 13.2 Å². The van der Waals surface area contributed by atoms with Crippen LogP contribution in [-0.2, 0) is 6.18 Å². The Morgan fingerprint density at radius 2 is 0.735 bits per heavy atom. The van der Waals surface area contributed by atoms with Crippen molar-refractivity contribution >= 4 is 53.9 Å². The van der Waals surface area contributed by atoms with Crippen LogP contribution in [0.4, 0.5) is 26.3 Å². The summed E-state index contributed by atoms with van der Waals surface area (Å²) in [5, 5.41) is 9.69. The number of alkyl halides is 3. The monoisotopic (exact) mass is 652 g/mol. The highest BCUT2D eigenvalue weighted by Gasteiger charge is 2.30. The Kier molecular flexibility index (Phi) is 6.31. The Morgan fingerprint density at radius 3 is 1.14 bits per heavy atom. The molecule has 0 unspecified atom stereocenters. The number of hydrogen-bond donors (Lipinski definition) is 0. The fourth-order valence-electron chi connectivity index (χ4n) is 7.45. The van der Waals surface area contributed by atoms with E-state index in [-0.39, 0.29) is 5.56 Å². The van der Waals surface area contributed by atoms with Gasteiger partial charge in [0.05, 0.1) is 5.56 Å². The van der Waals surface area contributed by atoms with E-state index in [4.69, 9.17) is 0 Å². The smallest absolute Gasteiger partial charge is 0.204 e. The third kappa shape index (κ3) is 4.55. The van der Waals surface area contributed by atoms with E-state index in [2.05, 4.69) is 24.3 Å². The SMILES string of the molecule is Fc1cc(-c2cc3ccc4cc(-c5c6ccccc6c(-c6ccc(C(F)(F)F)cc6)c6ccccc56)cc5ccc(c2)c3c45)cc(F)c1F. The van der Waals surface area contributed by atoms with E-state index in [9.17, 15) is 26.3 Å². The molecule has 0 radical (unpaired) electrons. The maximum Gasteiger partial charge on any atom is 0.416 e. The van der Waals surface area contributed by atoms with Gasteiger partial charge >= 0.3 is 6.18 Å². The fourth-order valence-corrected chi connectivity index (χ4v) is 7.45. The molecule has 0 bridgehead atoms. The second-order valence-corrected chi connectivity index (χ2v) is 12.4. The van der Waals surface area contributed by atoms with Gasteiger partial charge in [0.15, 0.2) is 17.5 Å². The average molecular weight is 653 g/mol. The molecule has 0 aromatic heterocycles. The van der Waals surface area contributed by atoms with E-state index in [1.165, 1.54) is 0 Å². The van der Waals surface area contributed by atoms with Gasteiger partial charge in [-0.25, -0.2) is 13.2 Å². The lowest BCUT2D eigenvalue weighted by atomic mass is 9.84. The highest BCUT2D eigenvalue weighted by atomic mass is 19.4. The molecule has 49 heavy (non-hydrogen) atoms. The van der Waals surface area contributed by atoms with Crippen molar-refractivity contribution in [3.8, 4) is 33.4 Å². The van der Waals surface area contributed by atoms with E-state index >= 15 is 0 Å². The van der Waals surface area contributed by atoms with Gasteiger partial charge in [0.1, 0.15) is 0 Å². The maximum atomic E-state index is 14.1. The van der Waals surface area contributed by atoms with Crippen LogP contribution in [0, 0.1) is 17.5 Å². The van der Waals surface area contributed by atoms with Crippen LogP contribution in [0.5, 0.6) is 0 Å². The minimum atomic E-state index is -4.42. The highest BCUT2D eigenvalue weighted by Crippen LogP contribution is 2.46. The van der Waals surface area contributed by atoms with Gasteiger partial charge in [0, 0.05) is 0 Å². The second-order valence-electron chi connectivity index (χ2n) is 12.4. The van der Waals surface area contributed by atoms with Crippen LogP contribution in [0.3, 0.4) is 0 Å². The van der Waals surface area contributed by atoms with Crippen LogP contribution in [0.1, 0.15) is 5.56 Å². The molecule has 236 valence electrons. The highest BCUT2D eigenvalue weighted by molar-refractivity contribution is 6.26. The largest absolute Gasteiger partial charge is 0.416 e. The molecule has 0 aliphatic carbocycles. The zero-order valence-corrected chi connectivity index (χ0v) is 25.5. The van der Waals surface area contributed by atoms with E-state index in [1.54, 1.807) is 12.1 Å². The van der Waals surface area contributed by atoms with Gasteiger partial charge in [0.25, 0.3) is 0 Å². The van der Waals surface area contributed by atoms with Crippen LogP contribution < -0.4 is 0 Å².